The second kappa shape index (κ2) is 8.08. The fraction of sp³-hybridized carbons (Fsp3) is 0.278. The molecule has 24 heavy (non-hydrogen) atoms. The predicted octanol–water partition coefficient (Wildman–Crippen LogP) is 2.73. The molecule has 0 saturated carbocycles. The number of sulfonamides is 1. The highest BCUT2D eigenvalue weighted by Gasteiger charge is 2.15. The Morgan fingerprint density at radius 3 is 1.88 bits per heavy atom. The number of carbonyl (C=O) groups excluding carboxylic acids is 1. The fourth-order valence-corrected chi connectivity index (χ4v) is 3.16. The predicted molar refractivity (Wildman–Crippen MR) is 95.5 cm³/mol. The minimum atomic E-state index is -3.69. The van der Waals surface area contributed by atoms with Crippen LogP contribution in [0.2, 0.25) is 0 Å². The van der Waals surface area contributed by atoms with E-state index >= 15 is 0 Å². The van der Waals surface area contributed by atoms with Crippen LogP contribution in [0.15, 0.2) is 53.4 Å². The zero-order valence-corrected chi connectivity index (χ0v) is 14.7. The van der Waals surface area contributed by atoms with E-state index in [9.17, 15) is 13.2 Å². The lowest BCUT2D eigenvalue weighted by atomic mass is 10.1. The van der Waals surface area contributed by atoms with Crippen molar-refractivity contribution in [3.63, 3.8) is 0 Å². The molecule has 1 amide bonds. The normalized spacial score (nSPS) is 11.2. The van der Waals surface area contributed by atoms with Gasteiger partial charge >= 0.3 is 0 Å². The Balaban J connectivity index is 1.93. The Kier molecular flexibility index (Phi) is 6.11. The first-order valence-corrected chi connectivity index (χ1v) is 9.40. The van der Waals surface area contributed by atoms with Crippen LogP contribution in [0.3, 0.4) is 0 Å². The van der Waals surface area contributed by atoms with Gasteiger partial charge in [0.15, 0.2) is 0 Å². The monoisotopic (exact) mass is 346 g/mol. The lowest BCUT2D eigenvalue weighted by Gasteiger charge is -2.09. The van der Waals surface area contributed by atoms with E-state index in [-0.39, 0.29) is 11.4 Å². The van der Waals surface area contributed by atoms with Crippen molar-refractivity contribution in [1.29, 1.82) is 0 Å². The summed E-state index contributed by atoms with van der Waals surface area (Å²) in [5.41, 5.74) is 2.87. The van der Waals surface area contributed by atoms with Crippen LogP contribution in [0, 0.1) is 0 Å². The number of amides is 1. The van der Waals surface area contributed by atoms with Gasteiger partial charge in [0.25, 0.3) is 0 Å². The van der Waals surface area contributed by atoms with Gasteiger partial charge in [0.2, 0.25) is 15.9 Å². The lowest BCUT2D eigenvalue weighted by molar-refractivity contribution is -0.115. The number of hydrogen-bond acceptors (Lipinski definition) is 3. The second-order valence-electron chi connectivity index (χ2n) is 5.42. The summed E-state index contributed by atoms with van der Waals surface area (Å²) in [4.78, 5) is 12.1. The molecule has 2 aromatic rings. The maximum absolute atomic E-state index is 12.2. The van der Waals surface area contributed by atoms with Crippen LogP contribution < -0.4 is 10.0 Å². The van der Waals surface area contributed by atoms with E-state index in [1.54, 1.807) is 36.4 Å². The molecule has 2 aromatic carbocycles. The number of hydrogen-bond donors (Lipinski definition) is 2. The van der Waals surface area contributed by atoms with Crippen molar-refractivity contribution in [1.82, 2.24) is 4.72 Å². The van der Waals surface area contributed by atoms with Gasteiger partial charge in [-0.15, -0.1) is 0 Å². The van der Waals surface area contributed by atoms with E-state index in [1.807, 2.05) is 19.1 Å². The quantitative estimate of drug-likeness (QED) is 0.809. The zero-order chi connectivity index (χ0) is 17.6. The van der Waals surface area contributed by atoms with Gasteiger partial charge in [-0.25, -0.2) is 13.1 Å². The summed E-state index contributed by atoms with van der Waals surface area (Å²) >= 11 is 0. The highest BCUT2D eigenvalue weighted by atomic mass is 32.2. The third kappa shape index (κ3) is 4.91. The van der Waals surface area contributed by atoms with E-state index in [4.69, 9.17) is 0 Å². The Labute approximate surface area is 143 Å². The maximum atomic E-state index is 12.2. The molecule has 6 heteroatoms. The summed E-state index contributed by atoms with van der Waals surface area (Å²) in [5, 5.41) is 2.67. The molecule has 0 atom stereocenters. The molecule has 0 bridgehead atoms. The number of nitrogens with one attached hydrogen (secondary N) is 2. The van der Waals surface area contributed by atoms with E-state index < -0.39 is 15.9 Å². The summed E-state index contributed by atoms with van der Waals surface area (Å²) < 4.78 is 26.7. The summed E-state index contributed by atoms with van der Waals surface area (Å²) in [6, 6.07) is 14.1. The van der Waals surface area contributed by atoms with E-state index in [2.05, 4.69) is 17.0 Å². The van der Waals surface area contributed by atoms with Gasteiger partial charge < -0.3 is 5.32 Å². The smallest absolute Gasteiger partial charge is 0.241 e. The average Bonchev–Trinajstić information content (AvgIpc) is 2.61. The van der Waals surface area contributed by atoms with Crippen molar-refractivity contribution in [2.75, 3.05) is 11.9 Å². The summed E-state index contributed by atoms with van der Waals surface area (Å²) in [5.74, 6) is -0.409. The van der Waals surface area contributed by atoms with Crippen molar-refractivity contribution < 1.29 is 13.2 Å². The number of aryl methyl sites for hydroxylation is 2. The van der Waals surface area contributed by atoms with Gasteiger partial charge in [0.05, 0.1) is 11.4 Å². The van der Waals surface area contributed by atoms with Crippen LogP contribution in [0.5, 0.6) is 0 Å². The third-order valence-corrected chi connectivity index (χ3v) is 5.13. The maximum Gasteiger partial charge on any atom is 0.241 e. The standard InChI is InChI=1S/C18H22N2O3S/c1-3-14-5-9-16(10-6-14)20-18(21)13-19-24(22,23)17-11-7-15(4-2)8-12-17/h5-12,19H,3-4,13H2,1-2H3,(H,20,21). The lowest BCUT2D eigenvalue weighted by Crippen LogP contribution is -2.32. The fourth-order valence-electron chi connectivity index (χ4n) is 2.18. The van der Waals surface area contributed by atoms with Crippen molar-refractivity contribution in [3.8, 4) is 0 Å². The van der Waals surface area contributed by atoms with Gasteiger partial charge in [-0.2, -0.15) is 0 Å². The van der Waals surface area contributed by atoms with E-state index in [1.165, 1.54) is 5.56 Å². The SMILES string of the molecule is CCc1ccc(NC(=O)CNS(=O)(=O)c2ccc(CC)cc2)cc1. The van der Waals surface area contributed by atoms with E-state index in [0.29, 0.717) is 5.69 Å². The molecule has 0 aliphatic carbocycles. The number of anilines is 1. The Bertz CT molecular complexity index is 782. The van der Waals surface area contributed by atoms with Crippen LogP contribution in [-0.4, -0.2) is 20.9 Å². The molecular weight excluding hydrogens is 324 g/mol. The molecule has 0 fully saturated rings. The molecule has 0 aromatic heterocycles. The van der Waals surface area contributed by atoms with Gasteiger partial charge in [-0.1, -0.05) is 38.1 Å². The molecule has 2 N–H and O–H groups in total. The average molecular weight is 346 g/mol. The molecule has 0 radical (unpaired) electrons. The zero-order valence-electron chi connectivity index (χ0n) is 13.9. The van der Waals surface area contributed by atoms with Gasteiger partial charge in [-0.3, -0.25) is 4.79 Å². The molecule has 0 spiro atoms. The highest BCUT2D eigenvalue weighted by molar-refractivity contribution is 7.89. The van der Waals surface area contributed by atoms with Crippen LogP contribution in [0.25, 0.3) is 0 Å². The van der Waals surface area contributed by atoms with Crippen LogP contribution in [-0.2, 0) is 27.7 Å². The molecule has 0 unspecified atom stereocenters. The topological polar surface area (TPSA) is 75.3 Å². The van der Waals surface area contributed by atoms with Gasteiger partial charge in [-0.05, 0) is 48.2 Å². The summed E-state index contributed by atoms with van der Waals surface area (Å²) in [6.45, 7) is 3.74. The van der Waals surface area contributed by atoms with Crippen molar-refractivity contribution in [2.45, 2.75) is 31.6 Å². The first-order chi connectivity index (χ1) is 11.4. The second-order valence-corrected chi connectivity index (χ2v) is 7.19. The first-order valence-electron chi connectivity index (χ1n) is 7.92. The Morgan fingerprint density at radius 1 is 0.875 bits per heavy atom. The number of carbonyl (C=O) groups is 1. The summed E-state index contributed by atoms with van der Waals surface area (Å²) in [6.07, 6.45) is 1.76. The number of rotatable bonds is 7. The molecule has 0 saturated heterocycles. The first kappa shape index (κ1) is 18.2. The minimum Gasteiger partial charge on any atom is -0.325 e. The molecule has 0 aliphatic rings. The molecule has 0 heterocycles. The van der Waals surface area contributed by atoms with Gasteiger partial charge in [0.1, 0.15) is 0 Å². The Morgan fingerprint density at radius 2 is 1.38 bits per heavy atom. The molecule has 128 valence electrons. The largest absolute Gasteiger partial charge is 0.325 e. The minimum absolute atomic E-state index is 0.153. The third-order valence-electron chi connectivity index (χ3n) is 3.71. The summed E-state index contributed by atoms with van der Waals surface area (Å²) in [7, 11) is -3.69. The van der Waals surface area contributed by atoms with Crippen molar-refractivity contribution >= 4 is 21.6 Å². The highest BCUT2D eigenvalue weighted by Crippen LogP contribution is 2.12. The molecule has 2 rings (SSSR count). The van der Waals surface area contributed by atoms with Gasteiger partial charge in [0, 0.05) is 5.69 Å². The van der Waals surface area contributed by atoms with Crippen LogP contribution in [0.4, 0.5) is 5.69 Å². The molecular formula is C18H22N2O3S. The van der Waals surface area contributed by atoms with Crippen LogP contribution >= 0.6 is 0 Å². The van der Waals surface area contributed by atoms with E-state index in [0.717, 1.165) is 18.4 Å². The Hall–Kier alpha value is -2.18. The molecule has 5 nitrogen and oxygen atoms in total. The number of benzene rings is 2. The van der Waals surface area contributed by atoms with Crippen molar-refractivity contribution in [2.24, 2.45) is 0 Å². The molecule has 0 aliphatic heterocycles. The van der Waals surface area contributed by atoms with Crippen LogP contribution in [0.1, 0.15) is 25.0 Å². The van der Waals surface area contributed by atoms with Crippen molar-refractivity contribution in [3.05, 3.63) is 59.7 Å².